The standard InChI is InChI=1S/C18H28N2O3/c1-18(2,3)23-17(22)19-9-15-11-20(12-16(15)13-21)10-14-7-5-4-6-8-14/h4-8,15-16,21H,9-13H2,1-3H3,(H,19,22)/p+1/t15-,16-/m0/s1. The third kappa shape index (κ3) is 5.84. The Morgan fingerprint density at radius 2 is 1.91 bits per heavy atom. The number of nitrogens with one attached hydrogen (secondary N) is 1. The third-order valence-corrected chi connectivity index (χ3v) is 4.07. The zero-order valence-electron chi connectivity index (χ0n) is 14.3. The van der Waals surface area contributed by atoms with Gasteiger partial charge in [-0.3, -0.25) is 4.90 Å². The minimum Gasteiger partial charge on any atom is -0.445 e. The van der Waals surface area contributed by atoms with Crippen LogP contribution in [0.2, 0.25) is 0 Å². The quantitative estimate of drug-likeness (QED) is 0.844. The van der Waals surface area contributed by atoms with E-state index in [2.05, 4.69) is 34.5 Å². The number of amides is 1. The Kier molecular flexibility index (Phi) is 6.02. The van der Waals surface area contributed by atoms with Crippen LogP contribution in [0.1, 0.15) is 26.3 Å². The minimum atomic E-state index is -0.478. The van der Waals surface area contributed by atoms with Crippen LogP contribution in [0.15, 0.2) is 30.3 Å². The van der Waals surface area contributed by atoms with Gasteiger partial charge in [0.15, 0.2) is 0 Å². The summed E-state index contributed by atoms with van der Waals surface area (Å²) in [6, 6.07) is 10.4. The first-order valence-corrected chi connectivity index (χ1v) is 8.25. The largest absolute Gasteiger partial charge is 0.445 e. The maximum Gasteiger partial charge on any atom is 0.407 e. The van der Waals surface area contributed by atoms with E-state index in [1.807, 2.05) is 26.8 Å². The lowest BCUT2D eigenvalue weighted by Crippen LogP contribution is -2.37. The molecule has 23 heavy (non-hydrogen) atoms. The molecule has 0 saturated carbocycles. The Bertz CT molecular complexity index is 499. The number of rotatable bonds is 5. The Morgan fingerprint density at radius 3 is 2.52 bits per heavy atom. The van der Waals surface area contributed by atoms with Crippen molar-refractivity contribution in [2.45, 2.75) is 32.9 Å². The number of likely N-dealkylation sites (tertiary alicyclic amines) is 1. The number of ether oxygens (including phenoxy) is 1. The van der Waals surface area contributed by atoms with E-state index in [1.165, 1.54) is 5.56 Å². The zero-order valence-corrected chi connectivity index (χ0v) is 14.3. The number of alkyl carbamates (subject to hydrolysis) is 1. The molecule has 1 aliphatic rings. The molecule has 1 amide bonds. The van der Waals surface area contributed by atoms with Crippen LogP contribution in [-0.2, 0) is 11.3 Å². The van der Waals surface area contributed by atoms with Gasteiger partial charge in [-0.05, 0) is 26.3 Å². The molecule has 0 unspecified atom stereocenters. The molecule has 128 valence electrons. The summed E-state index contributed by atoms with van der Waals surface area (Å²) >= 11 is 0. The molecule has 0 spiro atoms. The van der Waals surface area contributed by atoms with Crippen molar-refractivity contribution in [3.05, 3.63) is 35.9 Å². The van der Waals surface area contributed by atoms with E-state index >= 15 is 0 Å². The third-order valence-electron chi connectivity index (χ3n) is 4.07. The van der Waals surface area contributed by atoms with Gasteiger partial charge in [0, 0.05) is 38.0 Å². The maximum atomic E-state index is 11.8. The van der Waals surface area contributed by atoms with E-state index < -0.39 is 5.60 Å². The van der Waals surface area contributed by atoms with Crippen LogP contribution >= 0.6 is 0 Å². The highest BCUT2D eigenvalue weighted by Crippen LogP contribution is 2.24. The molecular formula is C18H29N2O3+. The molecule has 1 heterocycles. The van der Waals surface area contributed by atoms with Gasteiger partial charge in [-0.25, -0.2) is 4.79 Å². The molecule has 2 atom stereocenters. The Hall–Kier alpha value is -1.59. The summed E-state index contributed by atoms with van der Waals surface area (Å²) in [4.78, 5) is 14.2. The molecule has 1 aromatic rings. The maximum absolute atomic E-state index is 11.8. The van der Waals surface area contributed by atoms with Gasteiger partial charge in [0.1, 0.15) is 12.2 Å². The summed E-state index contributed by atoms with van der Waals surface area (Å²) in [6.07, 6.45) is -0.372. The molecule has 5 heteroatoms. The topological polar surface area (TPSA) is 64.5 Å². The van der Waals surface area contributed by atoms with Crippen molar-refractivity contribution in [1.29, 1.82) is 0 Å². The van der Waals surface area contributed by atoms with E-state index in [-0.39, 0.29) is 6.09 Å². The van der Waals surface area contributed by atoms with Gasteiger partial charge in [-0.2, -0.15) is 0 Å². The second-order valence-corrected chi connectivity index (χ2v) is 7.29. The number of hydrogen-bond acceptors (Lipinski definition) is 3. The molecular weight excluding hydrogens is 292 g/mol. The van der Waals surface area contributed by atoms with Crippen molar-refractivity contribution < 1.29 is 14.6 Å². The van der Waals surface area contributed by atoms with Gasteiger partial charge in [-0.15, -0.1) is 0 Å². The van der Waals surface area contributed by atoms with Crippen molar-refractivity contribution in [2.75, 3.05) is 26.2 Å². The van der Waals surface area contributed by atoms with Crippen LogP contribution in [-0.4, -0.2) is 47.9 Å². The van der Waals surface area contributed by atoms with Crippen molar-refractivity contribution in [1.82, 2.24) is 10.2 Å². The Labute approximate surface area is 138 Å². The lowest BCUT2D eigenvalue weighted by atomic mass is 9.97. The molecule has 1 saturated heterocycles. The molecule has 3 N–H and O–H groups in total. The second kappa shape index (κ2) is 7.79. The highest BCUT2D eigenvalue weighted by Gasteiger charge is 2.34. The van der Waals surface area contributed by atoms with Crippen molar-refractivity contribution in [3.8, 4) is 0 Å². The summed E-state index contributed by atoms with van der Waals surface area (Å²) < 4.78 is 5.28. The smallest absolute Gasteiger partial charge is 0.407 e. The fraction of sp³-hybridized carbons (Fsp3) is 0.611. The van der Waals surface area contributed by atoms with E-state index in [0.29, 0.717) is 25.0 Å². The number of nitrogens with zero attached hydrogens (tertiary/aromatic N) is 1. The van der Waals surface area contributed by atoms with Gasteiger partial charge in [0.2, 0.25) is 0 Å². The molecule has 0 aromatic heterocycles. The summed E-state index contributed by atoms with van der Waals surface area (Å²) in [5.74, 6) is 0.609. The van der Waals surface area contributed by atoms with Crippen LogP contribution in [0.5, 0.6) is 0 Å². The van der Waals surface area contributed by atoms with Crippen LogP contribution in [0.4, 0.5) is 4.79 Å². The molecule has 1 aliphatic heterocycles. The van der Waals surface area contributed by atoms with Crippen molar-refractivity contribution >= 4 is 6.09 Å². The normalized spacial score (nSPS) is 22.1. The number of benzene rings is 1. The summed E-state index contributed by atoms with van der Waals surface area (Å²) in [7, 11) is 0. The van der Waals surface area contributed by atoms with Crippen molar-refractivity contribution in [3.63, 3.8) is 0 Å². The van der Waals surface area contributed by atoms with Crippen LogP contribution in [0.25, 0.3) is 0 Å². The predicted molar refractivity (Wildman–Crippen MR) is 91.4 cm³/mol. The highest BCUT2D eigenvalue weighted by molar-refractivity contribution is 5.67. The molecule has 0 radical (unpaired) electrons. The molecule has 1 aromatic carbocycles. The van der Waals surface area contributed by atoms with E-state index in [1.54, 1.807) is 0 Å². The lowest BCUT2D eigenvalue weighted by Gasteiger charge is -2.21. The molecule has 0 bridgehead atoms. The van der Waals surface area contributed by atoms with Gasteiger partial charge in [-0.1, -0.05) is 30.3 Å². The molecule has 5 nitrogen and oxygen atoms in total. The first kappa shape index (κ1) is 17.8. The Balaban J connectivity index is 1.83. The van der Waals surface area contributed by atoms with Crippen LogP contribution < -0.4 is 5.32 Å². The average Bonchev–Trinajstić information content (AvgIpc) is 2.86. The van der Waals surface area contributed by atoms with E-state index in [4.69, 9.17) is 9.84 Å². The number of carbonyl (C=O) groups is 1. The molecule has 2 rings (SSSR count). The fourth-order valence-electron chi connectivity index (χ4n) is 3.00. The molecule has 1 fully saturated rings. The SMILES string of the molecule is CC(C)(C)OC(=O)NC[C@H]1CN(Cc2ccccc2)C[C@H]1C[OH2+]. The lowest BCUT2D eigenvalue weighted by molar-refractivity contribution is 0.0512. The van der Waals surface area contributed by atoms with Gasteiger partial charge in [0.05, 0.1) is 0 Å². The van der Waals surface area contributed by atoms with Crippen LogP contribution in [0, 0.1) is 11.8 Å². The number of carbonyl (C=O) groups excluding carboxylic acids is 1. The van der Waals surface area contributed by atoms with Gasteiger partial charge < -0.3 is 15.2 Å². The first-order chi connectivity index (χ1) is 10.9. The zero-order chi connectivity index (χ0) is 16.9. The summed E-state index contributed by atoms with van der Waals surface area (Å²) in [5, 5.41) is 10.6. The predicted octanol–water partition coefficient (Wildman–Crippen LogP) is 1.98. The average molecular weight is 321 g/mol. The van der Waals surface area contributed by atoms with Crippen LogP contribution in [0.3, 0.4) is 0 Å². The monoisotopic (exact) mass is 321 g/mol. The fourth-order valence-corrected chi connectivity index (χ4v) is 3.00. The van der Waals surface area contributed by atoms with Gasteiger partial charge >= 0.3 is 6.09 Å². The minimum absolute atomic E-state index is 0.300. The van der Waals surface area contributed by atoms with E-state index in [9.17, 15) is 4.79 Å². The summed E-state index contributed by atoms with van der Waals surface area (Å²) in [5.41, 5.74) is 0.811. The molecule has 0 aliphatic carbocycles. The second-order valence-electron chi connectivity index (χ2n) is 7.29. The number of hydrogen-bond donors (Lipinski definition) is 1. The summed E-state index contributed by atoms with van der Waals surface area (Å²) in [6.45, 7) is 9.27. The first-order valence-electron chi connectivity index (χ1n) is 8.25. The highest BCUT2D eigenvalue weighted by atomic mass is 16.6. The Morgan fingerprint density at radius 1 is 1.26 bits per heavy atom. The van der Waals surface area contributed by atoms with Gasteiger partial charge in [0.25, 0.3) is 0 Å². The van der Waals surface area contributed by atoms with Crippen molar-refractivity contribution in [2.24, 2.45) is 11.8 Å². The van der Waals surface area contributed by atoms with E-state index in [0.717, 1.165) is 19.6 Å².